The van der Waals surface area contributed by atoms with Gasteiger partial charge in [-0.1, -0.05) is 54.6 Å². The van der Waals surface area contributed by atoms with Gasteiger partial charge in [0.25, 0.3) is 17.0 Å². The van der Waals surface area contributed by atoms with E-state index in [4.69, 9.17) is 14.2 Å². The van der Waals surface area contributed by atoms with Crippen LogP contribution in [0.25, 0.3) is 11.4 Å². The standard InChI is InChI=1S/C45H47FN6O7Si/c1-29-41(60(4,5)46)38(20-23-49-27-36(47-48-49)34(28-53)31-13-7-6-8-14-31)59-45(29)35-25-33(51-22-11-17-40(58-3)43(51)55)18-19-37(35)52(44(45)56)26-30-12-9-15-32(24-30)50-21-10-16-39(57-2)42(50)54/h6-19,21-22,24-25,27,29,34,38,41,53H,20,23,26,28H2,1-5H3/t29-,34?,38+,41-,45+/m1/s1. The first-order valence-corrected chi connectivity index (χ1v) is 22.8. The summed E-state index contributed by atoms with van der Waals surface area (Å²) in [5, 5.41) is 19.0. The molecule has 15 heteroatoms. The van der Waals surface area contributed by atoms with E-state index in [9.17, 15) is 14.7 Å². The van der Waals surface area contributed by atoms with Crippen molar-refractivity contribution in [3.05, 3.63) is 159 Å². The molecule has 0 bridgehead atoms. The van der Waals surface area contributed by atoms with Gasteiger partial charge >= 0.3 is 0 Å². The zero-order valence-corrected chi connectivity index (χ0v) is 35.1. The predicted molar refractivity (Wildman–Crippen MR) is 226 cm³/mol. The Morgan fingerprint density at radius 1 is 0.867 bits per heavy atom. The van der Waals surface area contributed by atoms with Gasteiger partial charge in [0, 0.05) is 53.5 Å². The summed E-state index contributed by atoms with van der Waals surface area (Å²) in [6, 6.07) is 28.9. The summed E-state index contributed by atoms with van der Waals surface area (Å²) in [5.74, 6) is -0.959. The quantitative estimate of drug-likeness (QED) is 0.107. The number of halogens is 1. The molecule has 0 radical (unpaired) electrons. The number of amides is 1. The molecule has 13 nitrogen and oxygen atoms in total. The summed E-state index contributed by atoms with van der Waals surface area (Å²) in [6.07, 6.45) is 4.74. The molecule has 3 aromatic heterocycles. The SMILES string of the molecule is COc1cccn(-c2cccc(CN3C(=O)[C@@]4(O[C@@H](CCn5cc(C(CO)c6ccccc6)nn5)[C@H]([Si](C)(C)F)[C@H]4C)c4cc(-n5cccc(OC)c5=O)ccc43)c2)c1=O. The van der Waals surface area contributed by atoms with Gasteiger partial charge in [0.2, 0.25) is 8.41 Å². The van der Waals surface area contributed by atoms with Gasteiger partial charge in [0.1, 0.15) is 0 Å². The van der Waals surface area contributed by atoms with Crippen molar-refractivity contribution in [3.8, 4) is 22.9 Å². The monoisotopic (exact) mass is 830 g/mol. The molecule has 1 N–H and O–H groups in total. The number of aryl methyl sites for hydroxylation is 1. The second-order valence-corrected chi connectivity index (χ2v) is 19.7. The van der Waals surface area contributed by atoms with Crippen LogP contribution in [0.5, 0.6) is 11.5 Å². The van der Waals surface area contributed by atoms with E-state index < -0.39 is 31.6 Å². The Morgan fingerprint density at radius 2 is 1.53 bits per heavy atom. The van der Waals surface area contributed by atoms with E-state index in [1.807, 2.05) is 55.5 Å². The lowest BCUT2D eigenvalue weighted by molar-refractivity contribution is -0.146. The third-order valence-corrected chi connectivity index (χ3v) is 14.4. The molecule has 2 aliphatic rings. The van der Waals surface area contributed by atoms with Crippen molar-refractivity contribution in [2.75, 3.05) is 25.7 Å². The molecule has 1 unspecified atom stereocenters. The Hall–Kier alpha value is -6.16. The highest BCUT2D eigenvalue weighted by Crippen LogP contribution is 2.60. The number of aliphatic hydroxyl groups excluding tert-OH is 1. The van der Waals surface area contributed by atoms with Gasteiger partial charge in [-0.25, -0.2) is 0 Å². The minimum atomic E-state index is -3.54. The van der Waals surface area contributed by atoms with E-state index in [0.717, 1.165) is 11.1 Å². The first-order valence-electron chi connectivity index (χ1n) is 19.9. The smallest absolute Gasteiger partial charge is 0.297 e. The lowest BCUT2D eigenvalue weighted by Gasteiger charge is -2.31. The van der Waals surface area contributed by atoms with Crippen LogP contribution in [-0.2, 0) is 28.2 Å². The van der Waals surface area contributed by atoms with Crippen molar-refractivity contribution in [3.63, 3.8) is 0 Å². The van der Waals surface area contributed by atoms with Crippen molar-refractivity contribution in [1.29, 1.82) is 0 Å². The maximum absolute atomic E-state index is 16.8. The van der Waals surface area contributed by atoms with E-state index in [1.54, 1.807) is 89.8 Å². The number of fused-ring (bicyclic) bond motifs is 2. The van der Waals surface area contributed by atoms with E-state index in [1.165, 1.54) is 23.4 Å². The van der Waals surface area contributed by atoms with Crippen LogP contribution in [0.15, 0.2) is 125 Å². The highest BCUT2D eigenvalue weighted by molar-refractivity contribution is 6.72. The molecule has 5 heterocycles. The number of nitrogens with zero attached hydrogens (tertiary/aromatic N) is 6. The zero-order valence-electron chi connectivity index (χ0n) is 34.1. The Bertz CT molecular complexity index is 2660. The van der Waals surface area contributed by atoms with Crippen LogP contribution in [0.2, 0.25) is 18.6 Å². The molecule has 8 rings (SSSR count). The highest BCUT2D eigenvalue weighted by Gasteiger charge is 2.66. The first kappa shape index (κ1) is 40.6. The minimum Gasteiger partial charge on any atom is -0.491 e. The Balaban J connectivity index is 1.18. The Morgan fingerprint density at radius 3 is 2.17 bits per heavy atom. The molecule has 1 fully saturated rings. The van der Waals surface area contributed by atoms with Crippen molar-refractivity contribution in [1.82, 2.24) is 24.1 Å². The largest absolute Gasteiger partial charge is 0.491 e. The molecule has 6 aromatic rings. The fraction of sp³-hybridized carbons (Fsp3) is 0.311. The molecular formula is C45H47FN6O7Si. The summed E-state index contributed by atoms with van der Waals surface area (Å²) in [6.45, 7) is 5.50. The normalized spacial score (nSPS) is 20.4. The van der Waals surface area contributed by atoms with Gasteiger partial charge in [0.15, 0.2) is 17.1 Å². The molecule has 310 valence electrons. The van der Waals surface area contributed by atoms with Crippen LogP contribution in [0, 0.1) is 5.92 Å². The third-order valence-electron chi connectivity index (χ3n) is 12.0. The molecule has 60 heavy (non-hydrogen) atoms. The summed E-state index contributed by atoms with van der Waals surface area (Å²) in [4.78, 5) is 43.6. The number of hydrogen-bond donors (Lipinski definition) is 1. The summed E-state index contributed by atoms with van der Waals surface area (Å²) >= 11 is 0. The molecule has 5 atom stereocenters. The molecule has 1 saturated heterocycles. The Labute approximate surface area is 347 Å². The minimum absolute atomic E-state index is 0.121. The highest BCUT2D eigenvalue weighted by atomic mass is 28.4. The van der Waals surface area contributed by atoms with Crippen molar-refractivity contribution >= 4 is 20.0 Å². The zero-order chi connectivity index (χ0) is 42.3. The summed E-state index contributed by atoms with van der Waals surface area (Å²) < 4.78 is 39.1. The number of carbonyl (C=O) groups excluding carboxylic acids is 1. The maximum atomic E-state index is 16.8. The van der Waals surface area contributed by atoms with Gasteiger partial charge in [-0.05, 0) is 85.2 Å². The van der Waals surface area contributed by atoms with Crippen LogP contribution >= 0.6 is 0 Å². The van der Waals surface area contributed by atoms with Crippen LogP contribution in [0.3, 0.4) is 0 Å². The number of carbonyl (C=O) groups is 1. The number of anilines is 1. The number of pyridine rings is 2. The summed E-state index contributed by atoms with van der Waals surface area (Å²) in [5.41, 5.74) is 1.55. The number of rotatable bonds is 13. The molecule has 1 spiro atoms. The molecular weight excluding hydrogens is 784 g/mol. The average Bonchev–Trinajstić information content (AvgIpc) is 3.90. The summed E-state index contributed by atoms with van der Waals surface area (Å²) in [7, 11) is -0.663. The number of hydrogen-bond acceptors (Lipinski definition) is 9. The number of methoxy groups -OCH3 is 2. The lowest BCUT2D eigenvalue weighted by atomic mass is 9.82. The maximum Gasteiger partial charge on any atom is 0.297 e. The van der Waals surface area contributed by atoms with Crippen LogP contribution < -0.4 is 25.5 Å². The van der Waals surface area contributed by atoms with Gasteiger partial charge in [-0.2, -0.15) is 0 Å². The lowest BCUT2D eigenvalue weighted by Crippen LogP contribution is -2.45. The van der Waals surface area contributed by atoms with E-state index >= 15 is 8.90 Å². The van der Waals surface area contributed by atoms with Crippen molar-refractivity contribution in [2.24, 2.45) is 5.92 Å². The second kappa shape index (κ2) is 16.1. The first-order chi connectivity index (χ1) is 28.9. The average molecular weight is 831 g/mol. The third kappa shape index (κ3) is 7.05. The molecule has 1 amide bonds. The van der Waals surface area contributed by atoms with Gasteiger partial charge in [-0.3, -0.25) is 28.2 Å². The molecule has 3 aromatic carbocycles. The number of aromatic nitrogens is 5. The Kier molecular flexibility index (Phi) is 10.9. The topological polar surface area (TPSA) is 143 Å². The van der Waals surface area contributed by atoms with Gasteiger partial charge in [-0.15, -0.1) is 5.10 Å². The van der Waals surface area contributed by atoms with Crippen LogP contribution in [0.4, 0.5) is 9.80 Å². The second-order valence-electron chi connectivity index (χ2n) is 15.9. The van der Waals surface area contributed by atoms with Crippen molar-refractivity contribution < 1.29 is 28.2 Å². The van der Waals surface area contributed by atoms with E-state index in [0.29, 0.717) is 41.3 Å². The van der Waals surface area contributed by atoms with Crippen molar-refractivity contribution in [2.45, 2.75) is 62.7 Å². The number of ether oxygens (including phenoxy) is 3. The fourth-order valence-electron chi connectivity index (χ4n) is 9.16. The predicted octanol–water partition coefficient (Wildman–Crippen LogP) is 6.13. The molecule has 0 saturated carbocycles. The van der Waals surface area contributed by atoms with Gasteiger partial charge in [0.05, 0.1) is 50.8 Å². The van der Waals surface area contributed by atoms with Crippen LogP contribution in [-0.4, -0.2) is 70.5 Å². The fourth-order valence-corrected chi connectivity index (χ4v) is 11.7. The number of benzene rings is 3. The number of aliphatic hydroxyl groups is 1. The van der Waals surface area contributed by atoms with Gasteiger partial charge < -0.3 is 28.3 Å². The van der Waals surface area contributed by atoms with E-state index in [-0.39, 0.29) is 47.6 Å². The van der Waals surface area contributed by atoms with Crippen LogP contribution in [0.1, 0.15) is 41.6 Å². The van der Waals surface area contributed by atoms with E-state index in [2.05, 4.69) is 10.3 Å². The molecule has 2 aliphatic heterocycles. The molecule has 0 aliphatic carbocycles.